The maximum Gasteiger partial charge on any atom is 0.345 e. The molecular formula is C10H13NO4S3. The number of hydrogen-bond acceptors (Lipinski definition) is 5. The van der Waals surface area contributed by atoms with E-state index in [0.717, 1.165) is 29.3 Å². The Labute approximate surface area is 114 Å². The van der Waals surface area contributed by atoms with E-state index >= 15 is 0 Å². The molecule has 5 nitrogen and oxygen atoms in total. The molecule has 1 unspecified atom stereocenters. The Hall–Kier alpha value is -0.570. The van der Waals surface area contributed by atoms with Crippen molar-refractivity contribution in [2.75, 3.05) is 11.5 Å². The zero-order valence-corrected chi connectivity index (χ0v) is 12.1. The van der Waals surface area contributed by atoms with Gasteiger partial charge in [0, 0.05) is 16.7 Å². The van der Waals surface area contributed by atoms with Gasteiger partial charge in [0.25, 0.3) is 0 Å². The van der Waals surface area contributed by atoms with Crippen molar-refractivity contribution in [1.82, 2.24) is 4.72 Å². The Morgan fingerprint density at radius 1 is 1.56 bits per heavy atom. The van der Waals surface area contributed by atoms with E-state index in [2.05, 4.69) is 4.72 Å². The molecule has 1 aromatic heterocycles. The Kier molecular flexibility index (Phi) is 4.00. The predicted octanol–water partition coefficient (Wildman–Crippen LogP) is 1.54. The third kappa shape index (κ3) is 2.87. The molecule has 100 valence electrons. The molecule has 8 heteroatoms. The number of aryl methyl sites for hydroxylation is 1. The molecule has 2 rings (SSSR count). The first-order valence-corrected chi connectivity index (χ1v) is 8.79. The third-order valence-corrected chi connectivity index (χ3v) is 6.60. The zero-order chi connectivity index (χ0) is 13.3. The standard InChI is InChI=1S/C10H13NO4S3/c1-6-9(4-8(17-6)10(12)13)18(14,15)11-7-2-3-16-5-7/h4,7,11H,2-3,5H2,1H3,(H,12,13). The molecule has 1 aliphatic heterocycles. The summed E-state index contributed by atoms with van der Waals surface area (Å²) in [6.45, 7) is 1.62. The first-order valence-electron chi connectivity index (χ1n) is 5.34. The summed E-state index contributed by atoms with van der Waals surface area (Å²) in [6.07, 6.45) is 0.818. The largest absolute Gasteiger partial charge is 0.477 e. The van der Waals surface area contributed by atoms with Gasteiger partial charge in [-0.25, -0.2) is 17.9 Å². The number of thioether (sulfide) groups is 1. The summed E-state index contributed by atoms with van der Waals surface area (Å²) in [5, 5.41) is 8.86. The fourth-order valence-corrected chi connectivity index (χ4v) is 5.71. The first kappa shape index (κ1) is 13.9. The van der Waals surface area contributed by atoms with E-state index < -0.39 is 16.0 Å². The summed E-state index contributed by atoms with van der Waals surface area (Å²) in [5.74, 6) is 0.630. The summed E-state index contributed by atoms with van der Waals surface area (Å²) in [7, 11) is -3.60. The number of carboxylic acids is 1. The summed E-state index contributed by atoms with van der Waals surface area (Å²) < 4.78 is 26.9. The quantitative estimate of drug-likeness (QED) is 0.881. The van der Waals surface area contributed by atoms with Crippen LogP contribution in [0.1, 0.15) is 21.0 Å². The van der Waals surface area contributed by atoms with Crippen LogP contribution >= 0.6 is 23.1 Å². The van der Waals surface area contributed by atoms with Gasteiger partial charge in [-0.15, -0.1) is 11.3 Å². The van der Waals surface area contributed by atoms with Crippen LogP contribution in [0.2, 0.25) is 0 Å². The molecule has 1 saturated heterocycles. The molecule has 0 saturated carbocycles. The number of aromatic carboxylic acids is 1. The Morgan fingerprint density at radius 2 is 2.28 bits per heavy atom. The van der Waals surface area contributed by atoms with Crippen LogP contribution in [0.3, 0.4) is 0 Å². The highest BCUT2D eigenvalue weighted by Gasteiger charge is 2.26. The molecule has 2 N–H and O–H groups in total. The lowest BCUT2D eigenvalue weighted by Gasteiger charge is -2.11. The lowest BCUT2D eigenvalue weighted by Crippen LogP contribution is -2.34. The lowest BCUT2D eigenvalue weighted by molar-refractivity contribution is 0.0702. The van der Waals surface area contributed by atoms with Crippen molar-refractivity contribution in [2.24, 2.45) is 0 Å². The Balaban J connectivity index is 2.26. The Bertz CT molecular complexity index is 558. The summed E-state index contributed by atoms with van der Waals surface area (Å²) in [4.78, 5) is 11.5. The molecule has 0 spiro atoms. The second-order valence-electron chi connectivity index (χ2n) is 4.02. The number of hydrogen-bond donors (Lipinski definition) is 2. The fourth-order valence-electron chi connectivity index (χ4n) is 1.75. The summed E-state index contributed by atoms with van der Waals surface area (Å²) in [6, 6.07) is 1.18. The van der Waals surface area contributed by atoms with Crippen molar-refractivity contribution in [3.63, 3.8) is 0 Å². The molecule has 2 heterocycles. The van der Waals surface area contributed by atoms with Crippen molar-refractivity contribution < 1.29 is 18.3 Å². The monoisotopic (exact) mass is 307 g/mol. The van der Waals surface area contributed by atoms with Crippen molar-refractivity contribution in [3.05, 3.63) is 15.8 Å². The molecular weight excluding hydrogens is 294 g/mol. The van der Waals surface area contributed by atoms with Gasteiger partial charge in [0.15, 0.2) is 0 Å². The molecule has 0 amide bonds. The minimum absolute atomic E-state index is 0.0485. The highest BCUT2D eigenvalue weighted by Crippen LogP contribution is 2.27. The van der Waals surface area contributed by atoms with E-state index in [0.29, 0.717) is 4.88 Å². The normalized spacial score (nSPS) is 20.2. The average molecular weight is 307 g/mol. The SMILES string of the molecule is Cc1sc(C(=O)O)cc1S(=O)(=O)NC1CCSC1. The number of rotatable bonds is 4. The van der Waals surface area contributed by atoms with Gasteiger partial charge >= 0.3 is 5.97 Å². The molecule has 0 aliphatic carbocycles. The zero-order valence-electron chi connectivity index (χ0n) is 9.67. The number of nitrogens with one attached hydrogen (secondary N) is 1. The smallest absolute Gasteiger partial charge is 0.345 e. The van der Waals surface area contributed by atoms with Crippen LogP contribution < -0.4 is 4.72 Å². The molecule has 18 heavy (non-hydrogen) atoms. The Morgan fingerprint density at radius 3 is 2.78 bits per heavy atom. The van der Waals surface area contributed by atoms with Gasteiger partial charge in [-0.2, -0.15) is 11.8 Å². The molecule has 1 atom stereocenters. The van der Waals surface area contributed by atoms with Gasteiger partial charge in [-0.05, 0) is 25.2 Å². The highest BCUT2D eigenvalue weighted by molar-refractivity contribution is 7.99. The minimum Gasteiger partial charge on any atom is -0.477 e. The predicted molar refractivity (Wildman–Crippen MR) is 72.1 cm³/mol. The van der Waals surface area contributed by atoms with Crippen LogP contribution in [0.15, 0.2) is 11.0 Å². The van der Waals surface area contributed by atoms with E-state index in [1.54, 1.807) is 18.7 Å². The lowest BCUT2D eigenvalue weighted by atomic mass is 10.3. The van der Waals surface area contributed by atoms with Gasteiger partial charge < -0.3 is 5.11 Å². The van der Waals surface area contributed by atoms with Crippen LogP contribution in [0.4, 0.5) is 0 Å². The second kappa shape index (κ2) is 5.20. The topological polar surface area (TPSA) is 83.5 Å². The van der Waals surface area contributed by atoms with E-state index in [9.17, 15) is 13.2 Å². The highest BCUT2D eigenvalue weighted by atomic mass is 32.2. The first-order chi connectivity index (χ1) is 8.40. The number of sulfonamides is 1. The maximum atomic E-state index is 12.1. The van der Waals surface area contributed by atoms with Gasteiger partial charge in [0.1, 0.15) is 4.88 Å². The van der Waals surface area contributed by atoms with Crippen LogP contribution in [-0.2, 0) is 10.0 Å². The van der Waals surface area contributed by atoms with Gasteiger partial charge in [-0.1, -0.05) is 0 Å². The van der Waals surface area contributed by atoms with Crippen LogP contribution in [-0.4, -0.2) is 37.0 Å². The summed E-state index contributed by atoms with van der Waals surface area (Å²) >= 11 is 2.70. The average Bonchev–Trinajstić information content (AvgIpc) is 2.86. The molecule has 1 fully saturated rings. The van der Waals surface area contributed by atoms with Crippen LogP contribution in [0.5, 0.6) is 0 Å². The van der Waals surface area contributed by atoms with Crippen molar-refractivity contribution in [1.29, 1.82) is 0 Å². The molecule has 0 aromatic carbocycles. The van der Waals surface area contributed by atoms with Crippen molar-refractivity contribution in [3.8, 4) is 0 Å². The molecule has 1 aliphatic rings. The summed E-state index contributed by atoms with van der Waals surface area (Å²) in [5.41, 5.74) is 0. The van der Waals surface area contributed by atoms with Crippen LogP contribution in [0, 0.1) is 6.92 Å². The van der Waals surface area contributed by atoms with Crippen molar-refractivity contribution in [2.45, 2.75) is 24.3 Å². The van der Waals surface area contributed by atoms with E-state index in [1.807, 2.05) is 0 Å². The van der Waals surface area contributed by atoms with E-state index in [1.165, 1.54) is 6.07 Å². The molecule has 0 bridgehead atoms. The number of carbonyl (C=O) groups is 1. The van der Waals surface area contributed by atoms with Crippen LogP contribution in [0.25, 0.3) is 0 Å². The van der Waals surface area contributed by atoms with Gasteiger partial charge in [0.05, 0.1) is 4.90 Å². The van der Waals surface area contributed by atoms with Gasteiger partial charge in [-0.3, -0.25) is 0 Å². The van der Waals surface area contributed by atoms with Crippen molar-refractivity contribution >= 4 is 39.1 Å². The second-order valence-corrected chi connectivity index (χ2v) is 8.11. The molecule has 0 radical (unpaired) electrons. The number of thiophene rings is 1. The molecule has 1 aromatic rings. The fraction of sp³-hybridized carbons (Fsp3) is 0.500. The third-order valence-electron chi connectivity index (χ3n) is 2.62. The minimum atomic E-state index is -3.60. The van der Waals surface area contributed by atoms with Gasteiger partial charge in [0.2, 0.25) is 10.0 Å². The maximum absolute atomic E-state index is 12.1. The van der Waals surface area contributed by atoms with E-state index in [-0.39, 0.29) is 15.8 Å². The number of carboxylic acid groups (broad SMARTS) is 1. The van der Waals surface area contributed by atoms with E-state index in [4.69, 9.17) is 5.11 Å².